The summed E-state index contributed by atoms with van der Waals surface area (Å²) in [6.45, 7) is 1.69. The molecular formula is C31H29N5O. The van der Waals surface area contributed by atoms with Gasteiger partial charge >= 0.3 is 0 Å². The Kier molecular flexibility index (Phi) is 6.26. The average Bonchev–Trinajstić information content (AvgIpc) is 3.33. The van der Waals surface area contributed by atoms with Crippen LogP contribution in [0, 0.1) is 0 Å². The first-order chi connectivity index (χ1) is 18.2. The number of aromatic amines is 1. The van der Waals surface area contributed by atoms with Gasteiger partial charge in [0, 0.05) is 42.7 Å². The summed E-state index contributed by atoms with van der Waals surface area (Å²) in [6, 6.07) is 30.6. The zero-order chi connectivity index (χ0) is 25.2. The van der Waals surface area contributed by atoms with Gasteiger partial charge in [-0.3, -0.25) is 4.79 Å². The van der Waals surface area contributed by atoms with Gasteiger partial charge in [-0.2, -0.15) is 0 Å². The van der Waals surface area contributed by atoms with E-state index < -0.39 is 0 Å². The van der Waals surface area contributed by atoms with E-state index in [-0.39, 0.29) is 11.9 Å². The number of nitrogens with two attached hydrogens (primary N) is 1. The van der Waals surface area contributed by atoms with E-state index in [4.69, 9.17) is 5.73 Å². The topological polar surface area (TPSA) is 87.0 Å². The average molecular weight is 488 g/mol. The number of amides is 1. The third kappa shape index (κ3) is 4.53. The number of rotatable bonds is 5. The SMILES string of the molecule is NCc1ncc(CC2CNCc3cc(-c4ccccc4)ccc3N2C(=O)c2cccc3ccccc23)[nH]1. The molecule has 4 N–H and O–H groups in total. The Balaban J connectivity index is 1.46. The highest BCUT2D eigenvalue weighted by Crippen LogP contribution is 2.33. The zero-order valence-corrected chi connectivity index (χ0v) is 20.5. The van der Waals surface area contributed by atoms with Gasteiger partial charge in [0.15, 0.2) is 0 Å². The summed E-state index contributed by atoms with van der Waals surface area (Å²) in [5.41, 5.74) is 11.8. The summed E-state index contributed by atoms with van der Waals surface area (Å²) in [5.74, 6) is 0.745. The van der Waals surface area contributed by atoms with Crippen LogP contribution in [0.1, 0.15) is 27.4 Å². The standard InChI is InChI=1S/C31H29N5O/c32-17-30-34-19-25(35-30)16-26-20-33-18-24-15-23(21-7-2-1-3-8-21)13-14-29(24)36(26)31(37)28-12-6-10-22-9-4-5-11-27(22)28/h1-15,19,26,33H,16-18,20,32H2,(H,34,35). The maximum atomic E-state index is 14.4. The van der Waals surface area contributed by atoms with Gasteiger partial charge in [-0.15, -0.1) is 0 Å². The van der Waals surface area contributed by atoms with Crippen molar-refractivity contribution in [1.82, 2.24) is 15.3 Å². The van der Waals surface area contributed by atoms with E-state index in [0.717, 1.165) is 44.7 Å². The van der Waals surface area contributed by atoms with Crippen molar-refractivity contribution in [2.24, 2.45) is 5.73 Å². The van der Waals surface area contributed by atoms with Gasteiger partial charge in [-0.05, 0) is 45.7 Å². The fraction of sp³-hybridized carbons (Fsp3) is 0.161. The molecule has 1 aromatic heterocycles. The molecule has 5 aromatic rings. The molecule has 0 fully saturated rings. The van der Waals surface area contributed by atoms with E-state index in [1.54, 1.807) is 0 Å². The van der Waals surface area contributed by atoms with Gasteiger partial charge in [0.2, 0.25) is 0 Å². The van der Waals surface area contributed by atoms with Crippen molar-refractivity contribution >= 4 is 22.4 Å². The van der Waals surface area contributed by atoms with Crippen LogP contribution in [0.3, 0.4) is 0 Å². The van der Waals surface area contributed by atoms with Crippen molar-refractivity contribution in [2.75, 3.05) is 11.4 Å². The minimum absolute atomic E-state index is 0.00206. The molecule has 0 bridgehead atoms. The van der Waals surface area contributed by atoms with Crippen molar-refractivity contribution in [3.63, 3.8) is 0 Å². The van der Waals surface area contributed by atoms with Crippen LogP contribution in [0.4, 0.5) is 5.69 Å². The lowest BCUT2D eigenvalue weighted by Gasteiger charge is -2.31. The van der Waals surface area contributed by atoms with Gasteiger partial charge in [-0.1, -0.05) is 72.8 Å². The van der Waals surface area contributed by atoms with Crippen LogP contribution < -0.4 is 16.0 Å². The van der Waals surface area contributed by atoms with Crippen LogP contribution in [0.2, 0.25) is 0 Å². The maximum Gasteiger partial charge on any atom is 0.259 e. The molecule has 0 spiro atoms. The summed E-state index contributed by atoms with van der Waals surface area (Å²) in [4.78, 5) is 24.1. The Morgan fingerprint density at radius 3 is 2.59 bits per heavy atom. The molecule has 1 aliphatic heterocycles. The quantitative estimate of drug-likeness (QED) is 0.324. The second-order valence-corrected chi connectivity index (χ2v) is 9.46. The third-order valence-corrected chi connectivity index (χ3v) is 7.08. The van der Waals surface area contributed by atoms with E-state index in [1.165, 1.54) is 0 Å². The summed E-state index contributed by atoms with van der Waals surface area (Å²) < 4.78 is 0. The fourth-order valence-electron chi connectivity index (χ4n) is 5.28. The van der Waals surface area contributed by atoms with E-state index >= 15 is 0 Å². The number of nitrogens with zero attached hydrogens (tertiary/aromatic N) is 2. The summed E-state index contributed by atoms with van der Waals surface area (Å²) in [5, 5.41) is 5.61. The predicted octanol–water partition coefficient (Wildman–Crippen LogP) is 5.05. The van der Waals surface area contributed by atoms with Gasteiger partial charge < -0.3 is 20.9 Å². The lowest BCUT2D eigenvalue weighted by atomic mass is 9.99. The molecule has 1 amide bonds. The number of hydrogen-bond acceptors (Lipinski definition) is 4. The molecule has 4 aromatic carbocycles. The number of aromatic nitrogens is 2. The molecule has 1 atom stereocenters. The number of anilines is 1. The smallest absolute Gasteiger partial charge is 0.259 e. The summed E-state index contributed by atoms with van der Waals surface area (Å²) >= 11 is 0. The lowest BCUT2D eigenvalue weighted by molar-refractivity contribution is 0.0978. The lowest BCUT2D eigenvalue weighted by Crippen LogP contribution is -2.46. The van der Waals surface area contributed by atoms with Gasteiger partial charge in [-0.25, -0.2) is 4.98 Å². The Hall–Kier alpha value is -4.26. The molecule has 6 nitrogen and oxygen atoms in total. The van der Waals surface area contributed by atoms with Gasteiger partial charge in [0.05, 0.1) is 12.6 Å². The highest BCUT2D eigenvalue weighted by atomic mass is 16.2. The Morgan fingerprint density at radius 2 is 1.76 bits per heavy atom. The van der Waals surface area contributed by atoms with E-state index in [9.17, 15) is 4.79 Å². The molecule has 6 heteroatoms. The molecule has 0 saturated carbocycles. The Morgan fingerprint density at radius 1 is 0.946 bits per heavy atom. The highest BCUT2D eigenvalue weighted by Gasteiger charge is 2.31. The number of nitrogens with one attached hydrogen (secondary N) is 2. The van der Waals surface area contributed by atoms with Crippen molar-refractivity contribution in [3.05, 3.63) is 120 Å². The first-order valence-corrected chi connectivity index (χ1v) is 12.6. The molecule has 1 unspecified atom stereocenters. The molecule has 184 valence electrons. The number of fused-ring (bicyclic) bond motifs is 2. The van der Waals surface area contributed by atoms with Gasteiger partial charge in [0.1, 0.15) is 5.82 Å². The largest absolute Gasteiger partial charge is 0.345 e. The molecule has 37 heavy (non-hydrogen) atoms. The number of carbonyl (C=O) groups excluding carboxylic acids is 1. The molecule has 0 aliphatic carbocycles. The first-order valence-electron chi connectivity index (χ1n) is 12.6. The second kappa shape index (κ2) is 10.0. The number of benzene rings is 4. The maximum absolute atomic E-state index is 14.4. The van der Waals surface area contributed by atoms with Crippen molar-refractivity contribution < 1.29 is 4.79 Å². The normalized spacial score (nSPS) is 15.4. The van der Waals surface area contributed by atoms with Crippen molar-refractivity contribution in [2.45, 2.75) is 25.6 Å². The van der Waals surface area contributed by atoms with E-state index in [0.29, 0.717) is 31.6 Å². The Labute approximate surface area is 216 Å². The minimum Gasteiger partial charge on any atom is -0.345 e. The molecule has 0 radical (unpaired) electrons. The zero-order valence-electron chi connectivity index (χ0n) is 20.5. The number of hydrogen-bond donors (Lipinski definition) is 3. The molecule has 0 saturated heterocycles. The monoisotopic (exact) mass is 487 g/mol. The van der Waals surface area contributed by atoms with Crippen molar-refractivity contribution in [1.29, 1.82) is 0 Å². The van der Waals surface area contributed by atoms with E-state index in [2.05, 4.69) is 45.6 Å². The molecular weight excluding hydrogens is 458 g/mol. The van der Waals surface area contributed by atoms with Crippen LogP contribution in [-0.2, 0) is 19.5 Å². The second-order valence-electron chi connectivity index (χ2n) is 9.46. The highest BCUT2D eigenvalue weighted by molar-refractivity contribution is 6.14. The number of imidazole rings is 1. The van der Waals surface area contributed by atoms with Crippen molar-refractivity contribution in [3.8, 4) is 11.1 Å². The Bertz CT molecular complexity index is 1550. The summed E-state index contributed by atoms with van der Waals surface area (Å²) in [7, 11) is 0. The molecule has 2 heterocycles. The van der Waals surface area contributed by atoms with Crippen LogP contribution in [0.25, 0.3) is 21.9 Å². The van der Waals surface area contributed by atoms with Crippen LogP contribution in [-0.4, -0.2) is 28.5 Å². The van der Waals surface area contributed by atoms with Crippen LogP contribution in [0.15, 0.2) is 97.2 Å². The fourth-order valence-corrected chi connectivity index (χ4v) is 5.28. The van der Waals surface area contributed by atoms with Crippen LogP contribution >= 0.6 is 0 Å². The van der Waals surface area contributed by atoms with Gasteiger partial charge in [0.25, 0.3) is 5.91 Å². The van der Waals surface area contributed by atoms with Crippen LogP contribution in [0.5, 0.6) is 0 Å². The number of H-pyrrole nitrogens is 1. The molecule has 6 rings (SSSR count). The minimum atomic E-state index is -0.110. The molecule has 1 aliphatic rings. The first kappa shape index (κ1) is 23.2. The third-order valence-electron chi connectivity index (χ3n) is 7.08. The van der Waals surface area contributed by atoms with E-state index in [1.807, 2.05) is 71.8 Å². The number of carbonyl (C=O) groups is 1. The predicted molar refractivity (Wildman–Crippen MR) is 148 cm³/mol. The summed E-state index contributed by atoms with van der Waals surface area (Å²) in [6.07, 6.45) is 2.46.